The lowest BCUT2D eigenvalue weighted by Gasteiger charge is -2.18. The molecule has 5 rings (SSSR count). The quantitative estimate of drug-likeness (QED) is 0.207. The van der Waals surface area contributed by atoms with Gasteiger partial charge in [-0.2, -0.15) is 13.2 Å². The van der Waals surface area contributed by atoms with Gasteiger partial charge in [-0.1, -0.05) is 66.7 Å². The van der Waals surface area contributed by atoms with Crippen LogP contribution in [0.15, 0.2) is 97.1 Å². The highest BCUT2D eigenvalue weighted by Crippen LogP contribution is 2.48. The minimum absolute atomic E-state index is 0.0520. The predicted octanol–water partition coefficient (Wildman–Crippen LogP) is 7.14. The Hall–Kier alpha value is -4.92. The predicted molar refractivity (Wildman–Crippen MR) is 161 cm³/mol. The van der Waals surface area contributed by atoms with Crippen LogP contribution >= 0.6 is 0 Å². The number of hydrogen-bond acceptors (Lipinski definition) is 4. The second-order valence-electron chi connectivity index (χ2n) is 11.1. The molecular weight excluding hydrogens is 569 g/mol. The standard InChI is InChI=1S/C35H31F3N2O4/c1-40(2)33(43)29-20-23(21-31(41)44-22-34(18-19-34)25-8-4-3-5-9-25)12-17-30(29)39-32(42)28-11-7-6-10-27(28)24-13-15-26(16-14-24)35(36,37)38/h3-17,20H,18-19,21-22H2,1-2H3,(H,39,42). The Morgan fingerprint density at radius 1 is 0.841 bits per heavy atom. The van der Waals surface area contributed by atoms with Crippen molar-refractivity contribution in [3.63, 3.8) is 0 Å². The number of hydrogen-bond donors (Lipinski definition) is 1. The molecule has 0 unspecified atom stereocenters. The van der Waals surface area contributed by atoms with Crippen molar-refractivity contribution in [1.29, 1.82) is 0 Å². The number of carbonyl (C=O) groups is 3. The summed E-state index contributed by atoms with van der Waals surface area (Å²) >= 11 is 0. The normalized spacial score (nSPS) is 13.6. The van der Waals surface area contributed by atoms with Crippen LogP contribution in [0.25, 0.3) is 11.1 Å². The van der Waals surface area contributed by atoms with E-state index in [-0.39, 0.29) is 41.2 Å². The minimum atomic E-state index is -4.48. The van der Waals surface area contributed by atoms with Crippen molar-refractivity contribution >= 4 is 23.5 Å². The Morgan fingerprint density at radius 3 is 2.14 bits per heavy atom. The first-order chi connectivity index (χ1) is 21.0. The molecule has 1 fully saturated rings. The third kappa shape index (κ3) is 6.83. The second kappa shape index (κ2) is 12.4. The number of carbonyl (C=O) groups excluding carboxylic acids is 3. The number of benzene rings is 4. The first-order valence-corrected chi connectivity index (χ1v) is 14.1. The molecule has 0 heterocycles. The summed E-state index contributed by atoms with van der Waals surface area (Å²) in [5, 5.41) is 2.78. The lowest BCUT2D eigenvalue weighted by Crippen LogP contribution is -2.25. The zero-order valence-electron chi connectivity index (χ0n) is 24.3. The molecule has 226 valence electrons. The highest BCUT2D eigenvalue weighted by atomic mass is 19.4. The summed E-state index contributed by atoms with van der Waals surface area (Å²) in [5.74, 6) is -1.35. The maximum atomic E-state index is 13.5. The largest absolute Gasteiger partial charge is 0.464 e. The molecule has 44 heavy (non-hydrogen) atoms. The van der Waals surface area contributed by atoms with E-state index >= 15 is 0 Å². The first kappa shape index (κ1) is 30.5. The van der Waals surface area contributed by atoms with Crippen molar-refractivity contribution in [2.24, 2.45) is 0 Å². The van der Waals surface area contributed by atoms with E-state index in [1.807, 2.05) is 30.3 Å². The van der Waals surface area contributed by atoms with E-state index < -0.39 is 23.6 Å². The van der Waals surface area contributed by atoms with E-state index in [2.05, 4.69) is 5.32 Å². The molecule has 9 heteroatoms. The Labute approximate surface area is 253 Å². The van der Waals surface area contributed by atoms with Gasteiger partial charge in [0, 0.05) is 25.1 Å². The summed E-state index contributed by atoms with van der Waals surface area (Å²) in [6.07, 6.45) is -2.64. The summed E-state index contributed by atoms with van der Waals surface area (Å²) in [7, 11) is 3.15. The van der Waals surface area contributed by atoms with Gasteiger partial charge in [-0.25, -0.2) is 0 Å². The Balaban J connectivity index is 1.33. The Bertz CT molecular complexity index is 1680. The van der Waals surface area contributed by atoms with Gasteiger partial charge in [-0.05, 0) is 65.4 Å². The number of amides is 2. The highest BCUT2D eigenvalue weighted by Gasteiger charge is 2.45. The van der Waals surface area contributed by atoms with Gasteiger partial charge in [0.2, 0.25) is 0 Å². The zero-order chi connectivity index (χ0) is 31.5. The van der Waals surface area contributed by atoms with Crippen LogP contribution in [0.5, 0.6) is 0 Å². The lowest BCUT2D eigenvalue weighted by molar-refractivity contribution is -0.143. The van der Waals surface area contributed by atoms with E-state index in [0.717, 1.165) is 30.5 Å². The monoisotopic (exact) mass is 600 g/mol. The van der Waals surface area contributed by atoms with E-state index in [1.165, 1.54) is 17.0 Å². The zero-order valence-corrected chi connectivity index (χ0v) is 24.3. The van der Waals surface area contributed by atoms with Gasteiger partial charge in [0.15, 0.2) is 0 Å². The van der Waals surface area contributed by atoms with Crippen molar-refractivity contribution < 1.29 is 32.3 Å². The van der Waals surface area contributed by atoms with Crippen LogP contribution < -0.4 is 5.32 Å². The van der Waals surface area contributed by atoms with Crippen molar-refractivity contribution in [2.75, 3.05) is 26.0 Å². The molecule has 2 amide bonds. The van der Waals surface area contributed by atoms with Crippen LogP contribution in [0.3, 0.4) is 0 Å². The van der Waals surface area contributed by atoms with Gasteiger partial charge in [-0.3, -0.25) is 14.4 Å². The fourth-order valence-electron chi connectivity index (χ4n) is 5.08. The summed E-state index contributed by atoms with van der Waals surface area (Å²) in [4.78, 5) is 40.7. The molecular formula is C35H31F3N2O4. The average molecular weight is 601 g/mol. The average Bonchev–Trinajstić information content (AvgIpc) is 3.82. The van der Waals surface area contributed by atoms with Gasteiger partial charge >= 0.3 is 12.1 Å². The molecule has 0 bridgehead atoms. The van der Waals surface area contributed by atoms with Crippen LogP contribution in [0.2, 0.25) is 0 Å². The molecule has 1 N–H and O–H groups in total. The van der Waals surface area contributed by atoms with Crippen molar-refractivity contribution in [3.05, 3.63) is 125 Å². The van der Waals surface area contributed by atoms with Gasteiger partial charge in [-0.15, -0.1) is 0 Å². The molecule has 1 aliphatic rings. The molecule has 0 aliphatic heterocycles. The van der Waals surface area contributed by atoms with Crippen molar-refractivity contribution in [3.8, 4) is 11.1 Å². The van der Waals surface area contributed by atoms with E-state index in [9.17, 15) is 27.6 Å². The molecule has 1 saturated carbocycles. The minimum Gasteiger partial charge on any atom is -0.464 e. The Morgan fingerprint density at radius 2 is 1.50 bits per heavy atom. The number of esters is 1. The smallest absolute Gasteiger partial charge is 0.416 e. The molecule has 0 atom stereocenters. The van der Waals surface area contributed by atoms with Gasteiger partial charge < -0.3 is 15.0 Å². The molecule has 0 aromatic heterocycles. The third-order valence-electron chi connectivity index (χ3n) is 7.76. The van der Waals surface area contributed by atoms with Crippen molar-refractivity contribution in [1.82, 2.24) is 4.90 Å². The topological polar surface area (TPSA) is 75.7 Å². The summed E-state index contributed by atoms with van der Waals surface area (Å²) < 4.78 is 44.8. The molecule has 4 aromatic rings. The number of alkyl halides is 3. The number of rotatable bonds is 9. The Kier molecular flexibility index (Phi) is 8.58. The van der Waals surface area contributed by atoms with E-state index in [0.29, 0.717) is 16.7 Å². The van der Waals surface area contributed by atoms with E-state index in [4.69, 9.17) is 4.74 Å². The van der Waals surface area contributed by atoms with Crippen LogP contribution in [-0.4, -0.2) is 43.4 Å². The van der Waals surface area contributed by atoms with Gasteiger partial charge in [0.05, 0.1) is 23.2 Å². The number of ether oxygens (including phenoxy) is 1. The van der Waals surface area contributed by atoms with Crippen LogP contribution in [-0.2, 0) is 27.5 Å². The van der Waals surface area contributed by atoms with Gasteiger partial charge in [0.25, 0.3) is 11.8 Å². The maximum absolute atomic E-state index is 13.5. The molecule has 0 spiro atoms. The molecule has 0 saturated heterocycles. The number of halogens is 3. The lowest BCUT2D eigenvalue weighted by atomic mass is 9.97. The van der Waals surface area contributed by atoms with Crippen LogP contribution in [0, 0.1) is 0 Å². The fourth-order valence-corrected chi connectivity index (χ4v) is 5.08. The van der Waals surface area contributed by atoms with Crippen molar-refractivity contribution in [2.45, 2.75) is 30.9 Å². The maximum Gasteiger partial charge on any atom is 0.416 e. The summed E-state index contributed by atoms with van der Waals surface area (Å²) in [6, 6.07) is 25.8. The van der Waals surface area contributed by atoms with Crippen LogP contribution in [0.1, 0.15) is 50.2 Å². The van der Waals surface area contributed by atoms with Crippen LogP contribution in [0.4, 0.5) is 18.9 Å². The SMILES string of the molecule is CN(C)C(=O)c1cc(CC(=O)OCC2(c3ccccc3)CC2)ccc1NC(=O)c1ccccc1-c1ccc(C(F)(F)F)cc1. The molecule has 1 aliphatic carbocycles. The highest BCUT2D eigenvalue weighted by molar-refractivity contribution is 6.11. The fraction of sp³-hybridized carbons (Fsp3) is 0.229. The summed E-state index contributed by atoms with van der Waals surface area (Å²) in [6.45, 7) is 0.284. The van der Waals surface area contributed by atoms with E-state index in [1.54, 1.807) is 56.6 Å². The third-order valence-corrected chi connectivity index (χ3v) is 7.76. The first-order valence-electron chi connectivity index (χ1n) is 14.1. The summed E-state index contributed by atoms with van der Waals surface area (Å²) in [5.41, 5.74) is 2.26. The molecule has 4 aromatic carbocycles. The molecule has 6 nitrogen and oxygen atoms in total. The molecule has 0 radical (unpaired) electrons. The number of nitrogens with one attached hydrogen (secondary N) is 1. The second-order valence-corrected chi connectivity index (χ2v) is 11.1. The number of nitrogens with zero attached hydrogens (tertiary/aromatic N) is 1. The number of anilines is 1. The van der Waals surface area contributed by atoms with Gasteiger partial charge in [0.1, 0.15) is 6.61 Å².